The van der Waals surface area contributed by atoms with E-state index in [1.165, 1.54) is 0 Å². The van der Waals surface area contributed by atoms with Crippen molar-refractivity contribution in [3.63, 3.8) is 0 Å². The second-order valence-electron chi connectivity index (χ2n) is 4.75. The number of aromatic amines is 1. The van der Waals surface area contributed by atoms with Gasteiger partial charge in [-0.3, -0.25) is 9.59 Å². The van der Waals surface area contributed by atoms with Crippen molar-refractivity contribution < 1.29 is 19.4 Å². The summed E-state index contributed by atoms with van der Waals surface area (Å²) in [6, 6.07) is 5.42. The fourth-order valence-electron chi connectivity index (χ4n) is 2.22. The number of H-pyrrole nitrogens is 1. The van der Waals surface area contributed by atoms with Crippen molar-refractivity contribution in [3.05, 3.63) is 30.0 Å². The molecule has 2 rings (SSSR count). The molecule has 0 bridgehead atoms. The number of ether oxygens (including phenoxy) is 1. The Morgan fingerprint density at radius 1 is 1.29 bits per heavy atom. The number of nitrogens with two attached hydrogens (primary N) is 1. The van der Waals surface area contributed by atoms with Crippen molar-refractivity contribution in [2.75, 3.05) is 6.54 Å². The summed E-state index contributed by atoms with van der Waals surface area (Å²) >= 11 is 0. The Labute approximate surface area is 121 Å². The van der Waals surface area contributed by atoms with Gasteiger partial charge in [-0.25, -0.2) is 0 Å². The van der Waals surface area contributed by atoms with Gasteiger partial charge in [0.25, 0.3) is 0 Å². The van der Waals surface area contributed by atoms with Crippen LogP contribution in [0.15, 0.2) is 24.4 Å². The van der Waals surface area contributed by atoms with Gasteiger partial charge in [-0.1, -0.05) is 6.07 Å². The van der Waals surface area contributed by atoms with Crippen LogP contribution in [0.3, 0.4) is 0 Å². The van der Waals surface area contributed by atoms with Crippen LogP contribution in [-0.2, 0) is 16.0 Å². The number of nitrogens with one attached hydrogen (secondary N) is 1. The van der Waals surface area contributed by atoms with Gasteiger partial charge in [0.2, 0.25) is 0 Å². The Bertz CT molecular complexity index is 648. The van der Waals surface area contributed by atoms with Crippen LogP contribution in [0.2, 0.25) is 0 Å². The number of carbonyl (C=O) groups excluding carboxylic acids is 1. The van der Waals surface area contributed by atoms with E-state index in [2.05, 4.69) is 4.98 Å². The van der Waals surface area contributed by atoms with Crippen LogP contribution in [-0.4, -0.2) is 28.6 Å². The molecular weight excluding hydrogens is 272 g/mol. The van der Waals surface area contributed by atoms with Crippen LogP contribution in [0.4, 0.5) is 0 Å². The summed E-state index contributed by atoms with van der Waals surface area (Å²) in [4.78, 5) is 25.3. The minimum absolute atomic E-state index is 0.0398. The Balaban J connectivity index is 2.12. The molecule has 0 unspecified atom stereocenters. The second-order valence-corrected chi connectivity index (χ2v) is 4.75. The lowest BCUT2D eigenvalue weighted by Crippen LogP contribution is -2.09. The van der Waals surface area contributed by atoms with Crippen molar-refractivity contribution in [2.45, 2.75) is 25.7 Å². The van der Waals surface area contributed by atoms with Gasteiger partial charge in [0.05, 0.1) is 0 Å². The van der Waals surface area contributed by atoms with E-state index in [0.29, 0.717) is 18.7 Å². The molecule has 4 N–H and O–H groups in total. The Kier molecular flexibility index (Phi) is 4.94. The molecule has 6 nitrogen and oxygen atoms in total. The van der Waals surface area contributed by atoms with Gasteiger partial charge in [-0.05, 0) is 37.1 Å². The predicted octanol–water partition coefficient (Wildman–Crippen LogP) is 1.83. The molecule has 0 radical (unpaired) electrons. The first-order chi connectivity index (χ1) is 10.1. The predicted molar refractivity (Wildman–Crippen MR) is 78.2 cm³/mol. The number of aliphatic carboxylic acids is 1. The van der Waals surface area contributed by atoms with E-state index in [9.17, 15) is 9.59 Å². The van der Waals surface area contributed by atoms with Crippen LogP contribution >= 0.6 is 0 Å². The maximum absolute atomic E-state index is 11.8. The van der Waals surface area contributed by atoms with Gasteiger partial charge in [0.1, 0.15) is 5.75 Å². The summed E-state index contributed by atoms with van der Waals surface area (Å²) in [5, 5.41) is 9.41. The molecule has 0 spiro atoms. The quantitative estimate of drug-likeness (QED) is 0.533. The van der Waals surface area contributed by atoms with E-state index in [0.717, 1.165) is 16.5 Å². The topological polar surface area (TPSA) is 105 Å². The molecule has 0 atom stereocenters. The van der Waals surface area contributed by atoms with Crippen LogP contribution < -0.4 is 10.5 Å². The maximum Gasteiger partial charge on any atom is 0.311 e. The third kappa shape index (κ3) is 3.82. The number of carboxylic acid groups (broad SMARTS) is 1. The van der Waals surface area contributed by atoms with Gasteiger partial charge in [0.15, 0.2) is 0 Å². The Morgan fingerprint density at radius 2 is 2.10 bits per heavy atom. The lowest BCUT2D eigenvalue weighted by atomic mass is 10.1. The molecule has 21 heavy (non-hydrogen) atoms. The normalized spacial score (nSPS) is 10.7. The van der Waals surface area contributed by atoms with Gasteiger partial charge in [-0.2, -0.15) is 0 Å². The third-order valence-corrected chi connectivity index (χ3v) is 3.16. The first kappa shape index (κ1) is 15.1. The summed E-state index contributed by atoms with van der Waals surface area (Å²) in [5.74, 6) is -0.859. The number of rotatable bonds is 7. The molecule has 0 aliphatic carbocycles. The van der Waals surface area contributed by atoms with Gasteiger partial charge >= 0.3 is 11.9 Å². The van der Waals surface area contributed by atoms with Gasteiger partial charge in [-0.15, -0.1) is 0 Å². The van der Waals surface area contributed by atoms with Crippen molar-refractivity contribution in [1.29, 1.82) is 0 Å². The molecule has 0 amide bonds. The lowest BCUT2D eigenvalue weighted by molar-refractivity contribution is -0.137. The number of carbonyl (C=O) groups is 2. The average molecular weight is 290 g/mol. The van der Waals surface area contributed by atoms with Crippen LogP contribution in [0, 0.1) is 0 Å². The van der Waals surface area contributed by atoms with Crippen LogP contribution in [0.5, 0.6) is 5.75 Å². The second kappa shape index (κ2) is 6.90. The summed E-state index contributed by atoms with van der Waals surface area (Å²) in [6.07, 6.45) is 2.86. The first-order valence-electron chi connectivity index (χ1n) is 6.83. The Hall–Kier alpha value is -2.34. The zero-order valence-corrected chi connectivity index (χ0v) is 11.6. The number of aromatic nitrogens is 1. The number of esters is 1. The number of carboxylic acids is 1. The number of benzene rings is 1. The molecule has 1 aromatic heterocycles. The Morgan fingerprint density at radius 3 is 2.81 bits per heavy atom. The zero-order valence-electron chi connectivity index (χ0n) is 11.6. The van der Waals surface area contributed by atoms with Crippen LogP contribution in [0.1, 0.15) is 24.8 Å². The average Bonchev–Trinajstić information content (AvgIpc) is 2.83. The number of fused-ring (bicyclic) bond motifs is 1. The zero-order chi connectivity index (χ0) is 15.2. The highest BCUT2D eigenvalue weighted by Gasteiger charge is 2.13. The summed E-state index contributed by atoms with van der Waals surface area (Å²) < 4.78 is 5.36. The van der Waals surface area contributed by atoms with Gasteiger partial charge in [0, 0.05) is 29.9 Å². The minimum atomic E-state index is -0.916. The molecule has 0 fully saturated rings. The van der Waals surface area contributed by atoms with Crippen LogP contribution in [0.25, 0.3) is 10.9 Å². The standard InChI is InChI=1S/C15H18N2O4/c16-8-7-10-9-17-11-3-1-4-12(15(10)11)21-14(20)6-2-5-13(18)19/h1,3-4,9,17H,2,5-8,16H2,(H,18,19). The molecule has 2 aromatic rings. The fraction of sp³-hybridized carbons (Fsp3) is 0.333. The molecule has 6 heteroatoms. The summed E-state index contributed by atoms with van der Waals surface area (Å²) in [5.41, 5.74) is 7.46. The van der Waals surface area contributed by atoms with E-state index < -0.39 is 11.9 Å². The highest BCUT2D eigenvalue weighted by molar-refractivity contribution is 5.91. The summed E-state index contributed by atoms with van der Waals surface area (Å²) in [7, 11) is 0. The van der Waals surface area contributed by atoms with E-state index in [1.54, 1.807) is 12.1 Å². The molecule has 0 saturated carbocycles. The van der Waals surface area contributed by atoms with E-state index in [1.807, 2.05) is 12.3 Å². The molecular formula is C15H18N2O4. The highest BCUT2D eigenvalue weighted by atomic mass is 16.5. The third-order valence-electron chi connectivity index (χ3n) is 3.16. The monoisotopic (exact) mass is 290 g/mol. The highest BCUT2D eigenvalue weighted by Crippen LogP contribution is 2.29. The molecule has 112 valence electrons. The minimum Gasteiger partial charge on any atom is -0.481 e. The molecule has 0 saturated heterocycles. The fourth-order valence-corrected chi connectivity index (χ4v) is 2.22. The van der Waals surface area contributed by atoms with E-state index in [-0.39, 0.29) is 19.3 Å². The molecule has 1 heterocycles. The smallest absolute Gasteiger partial charge is 0.311 e. The molecule has 0 aliphatic rings. The summed E-state index contributed by atoms with van der Waals surface area (Å²) in [6.45, 7) is 0.508. The SMILES string of the molecule is NCCc1c[nH]c2cccc(OC(=O)CCCC(=O)O)c12. The van der Waals surface area contributed by atoms with E-state index in [4.69, 9.17) is 15.6 Å². The van der Waals surface area contributed by atoms with Crippen molar-refractivity contribution in [2.24, 2.45) is 5.73 Å². The lowest BCUT2D eigenvalue weighted by Gasteiger charge is -2.07. The van der Waals surface area contributed by atoms with Gasteiger partial charge < -0.3 is 20.6 Å². The number of hydrogen-bond donors (Lipinski definition) is 3. The number of hydrogen-bond acceptors (Lipinski definition) is 4. The maximum atomic E-state index is 11.8. The largest absolute Gasteiger partial charge is 0.481 e. The molecule has 1 aromatic carbocycles. The van der Waals surface area contributed by atoms with Crippen molar-refractivity contribution in [1.82, 2.24) is 4.98 Å². The van der Waals surface area contributed by atoms with Crippen molar-refractivity contribution >= 4 is 22.8 Å². The van der Waals surface area contributed by atoms with E-state index >= 15 is 0 Å². The first-order valence-corrected chi connectivity index (χ1v) is 6.83. The van der Waals surface area contributed by atoms with Crippen molar-refractivity contribution in [3.8, 4) is 5.75 Å². The molecule has 0 aliphatic heterocycles.